The van der Waals surface area contributed by atoms with Crippen molar-refractivity contribution in [1.82, 2.24) is 10.2 Å². The smallest absolute Gasteiger partial charge is 0.325 e. The van der Waals surface area contributed by atoms with Crippen molar-refractivity contribution in [3.63, 3.8) is 0 Å². The van der Waals surface area contributed by atoms with Gasteiger partial charge < -0.3 is 5.32 Å². The summed E-state index contributed by atoms with van der Waals surface area (Å²) in [6, 6.07) is 5.41. The zero-order chi connectivity index (χ0) is 14.8. The number of urea groups is 1. The van der Waals surface area contributed by atoms with E-state index in [0.29, 0.717) is 5.56 Å². The summed E-state index contributed by atoms with van der Waals surface area (Å²) in [4.78, 5) is 25.6. The minimum Gasteiger partial charge on any atom is -0.326 e. The zero-order valence-corrected chi connectivity index (χ0v) is 11.8. The summed E-state index contributed by atoms with van der Waals surface area (Å²) in [5.41, 5.74) is 0.366. The first-order chi connectivity index (χ1) is 10.2. The number of imide groups is 1. The summed E-state index contributed by atoms with van der Waals surface area (Å²) in [6.07, 6.45) is 5.37. The Morgan fingerprint density at radius 1 is 1.14 bits per heavy atom. The van der Waals surface area contributed by atoms with Crippen LogP contribution in [0.4, 0.5) is 9.18 Å². The lowest BCUT2D eigenvalue weighted by atomic mass is 9.84. The Hall–Kier alpha value is -1.91. The van der Waals surface area contributed by atoms with E-state index >= 15 is 0 Å². The summed E-state index contributed by atoms with van der Waals surface area (Å²) in [5.74, 6) is -0.379. The van der Waals surface area contributed by atoms with Crippen molar-refractivity contribution in [3.8, 4) is 0 Å². The molecule has 1 saturated carbocycles. The average Bonchev–Trinajstić information content (AvgIpc) is 2.78. The van der Waals surface area contributed by atoms with Crippen LogP contribution in [0.25, 0.3) is 0 Å². The molecule has 5 heteroatoms. The molecule has 4 nitrogen and oxygen atoms in total. The quantitative estimate of drug-likeness (QED) is 0.870. The molecular formula is C16H19FN2O2. The van der Waals surface area contributed by atoms with E-state index in [9.17, 15) is 14.0 Å². The molecule has 1 aliphatic heterocycles. The van der Waals surface area contributed by atoms with Gasteiger partial charge in [-0.2, -0.15) is 0 Å². The van der Waals surface area contributed by atoms with Gasteiger partial charge in [0.05, 0.1) is 6.54 Å². The molecule has 112 valence electrons. The Balaban J connectivity index is 1.73. The fourth-order valence-electron chi connectivity index (χ4n) is 3.27. The van der Waals surface area contributed by atoms with Crippen LogP contribution in [0.1, 0.15) is 37.7 Å². The average molecular weight is 290 g/mol. The number of carbonyl (C=O) groups is 2. The number of nitrogens with zero attached hydrogens (tertiary/aromatic N) is 1. The van der Waals surface area contributed by atoms with Gasteiger partial charge in [-0.25, -0.2) is 9.18 Å². The van der Waals surface area contributed by atoms with Crippen molar-refractivity contribution in [1.29, 1.82) is 0 Å². The van der Waals surface area contributed by atoms with Crippen LogP contribution >= 0.6 is 0 Å². The molecule has 3 rings (SSSR count). The summed E-state index contributed by atoms with van der Waals surface area (Å²) in [6.45, 7) is 0.000556. The van der Waals surface area contributed by atoms with Crippen LogP contribution in [-0.2, 0) is 11.3 Å². The molecular weight excluding hydrogens is 271 g/mol. The van der Waals surface area contributed by atoms with Crippen LogP contribution in [0.15, 0.2) is 24.3 Å². The summed E-state index contributed by atoms with van der Waals surface area (Å²) in [7, 11) is 0. The Labute approximate surface area is 123 Å². The van der Waals surface area contributed by atoms with E-state index in [1.54, 1.807) is 18.2 Å². The second-order valence-corrected chi connectivity index (χ2v) is 5.84. The second-order valence-electron chi connectivity index (χ2n) is 5.84. The van der Waals surface area contributed by atoms with Crippen molar-refractivity contribution < 1.29 is 14.0 Å². The van der Waals surface area contributed by atoms with Crippen molar-refractivity contribution in [3.05, 3.63) is 35.6 Å². The maximum absolute atomic E-state index is 13.7. The van der Waals surface area contributed by atoms with Gasteiger partial charge in [-0.3, -0.25) is 9.69 Å². The molecule has 1 N–H and O–H groups in total. The number of carbonyl (C=O) groups excluding carboxylic acids is 2. The van der Waals surface area contributed by atoms with E-state index in [2.05, 4.69) is 5.32 Å². The SMILES string of the molecule is O=C1NC(C2CCCCC2)C(=O)N1Cc1ccccc1F. The molecule has 0 bridgehead atoms. The van der Waals surface area contributed by atoms with Crippen molar-refractivity contribution in [2.75, 3.05) is 0 Å². The number of benzene rings is 1. The minimum atomic E-state index is -0.426. The topological polar surface area (TPSA) is 49.4 Å². The Kier molecular flexibility index (Phi) is 3.90. The highest BCUT2D eigenvalue weighted by atomic mass is 19.1. The molecule has 2 aliphatic rings. The minimum absolute atomic E-state index is 0.000556. The van der Waals surface area contributed by atoms with Gasteiger partial charge in [0, 0.05) is 5.56 Å². The van der Waals surface area contributed by atoms with Crippen LogP contribution in [0, 0.1) is 11.7 Å². The standard InChI is InChI=1S/C16H19FN2O2/c17-13-9-5-4-8-12(13)10-19-15(20)14(18-16(19)21)11-6-2-1-3-7-11/h4-5,8-9,11,14H,1-3,6-7,10H2,(H,18,21). The highest BCUT2D eigenvalue weighted by Gasteiger charge is 2.42. The largest absolute Gasteiger partial charge is 0.326 e. The molecule has 0 radical (unpaired) electrons. The fraction of sp³-hybridized carbons (Fsp3) is 0.500. The first-order valence-electron chi connectivity index (χ1n) is 7.52. The van der Waals surface area contributed by atoms with Crippen LogP contribution in [0.5, 0.6) is 0 Å². The lowest BCUT2D eigenvalue weighted by molar-refractivity contribution is -0.129. The Morgan fingerprint density at radius 3 is 2.57 bits per heavy atom. The number of rotatable bonds is 3. The predicted octanol–water partition coefficient (Wildman–Crippen LogP) is 2.83. The summed E-state index contributed by atoms with van der Waals surface area (Å²) in [5, 5.41) is 2.78. The molecule has 0 aromatic heterocycles. The third-order valence-electron chi connectivity index (χ3n) is 4.46. The number of nitrogens with one attached hydrogen (secondary N) is 1. The second kappa shape index (κ2) is 5.84. The summed E-state index contributed by atoms with van der Waals surface area (Å²) >= 11 is 0. The Morgan fingerprint density at radius 2 is 1.86 bits per heavy atom. The normalized spacial score (nSPS) is 23.5. The van der Waals surface area contributed by atoms with E-state index in [1.165, 1.54) is 12.5 Å². The zero-order valence-electron chi connectivity index (χ0n) is 11.8. The summed E-state index contributed by atoms with van der Waals surface area (Å²) < 4.78 is 13.7. The van der Waals surface area contributed by atoms with E-state index in [0.717, 1.165) is 30.6 Å². The number of amides is 3. The first-order valence-corrected chi connectivity index (χ1v) is 7.52. The molecule has 1 aromatic rings. The van der Waals surface area contributed by atoms with Crippen LogP contribution in [-0.4, -0.2) is 22.9 Å². The van der Waals surface area contributed by atoms with Crippen LogP contribution in [0.3, 0.4) is 0 Å². The lowest BCUT2D eigenvalue weighted by Gasteiger charge is -2.25. The van der Waals surface area contributed by atoms with E-state index < -0.39 is 12.1 Å². The van der Waals surface area contributed by atoms with Crippen LogP contribution < -0.4 is 5.32 Å². The third kappa shape index (κ3) is 2.77. The maximum Gasteiger partial charge on any atom is 0.325 e. The monoisotopic (exact) mass is 290 g/mol. The number of hydrogen-bond acceptors (Lipinski definition) is 2. The number of hydrogen-bond donors (Lipinski definition) is 1. The molecule has 2 fully saturated rings. The first kappa shape index (κ1) is 14.0. The van der Waals surface area contributed by atoms with Gasteiger partial charge in [0.25, 0.3) is 5.91 Å². The molecule has 0 spiro atoms. The van der Waals surface area contributed by atoms with E-state index in [1.807, 2.05) is 0 Å². The molecule has 1 saturated heterocycles. The van der Waals surface area contributed by atoms with Gasteiger partial charge in [-0.1, -0.05) is 37.5 Å². The van der Waals surface area contributed by atoms with Gasteiger partial charge in [0.15, 0.2) is 0 Å². The van der Waals surface area contributed by atoms with E-state index in [-0.39, 0.29) is 24.2 Å². The molecule has 3 amide bonds. The fourth-order valence-corrected chi connectivity index (χ4v) is 3.27. The molecule has 1 unspecified atom stereocenters. The van der Waals surface area contributed by atoms with Gasteiger partial charge >= 0.3 is 6.03 Å². The lowest BCUT2D eigenvalue weighted by Crippen LogP contribution is -2.38. The third-order valence-corrected chi connectivity index (χ3v) is 4.46. The van der Waals surface area contributed by atoms with Crippen molar-refractivity contribution in [2.24, 2.45) is 5.92 Å². The molecule has 1 heterocycles. The van der Waals surface area contributed by atoms with Crippen molar-refractivity contribution in [2.45, 2.75) is 44.7 Å². The number of halogens is 1. The molecule has 1 atom stereocenters. The van der Waals surface area contributed by atoms with Gasteiger partial charge in [-0.05, 0) is 24.8 Å². The van der Waals surface area contributed by atoms with Gasteiger partial charge in [0.2, 0.25) is 0 Å². The predicted molar refractivity (Wildman–Crippen MR) is 75.8 cm³/mol. The van der Waals surface area contributed by atoms with Gasteiger partial charge in [-0.15, -0.1) is 0 Å². The van der Waals surface area contributed by atoms with Gasteiger partial charge in [0.1, 0.15) is 11.9 Å². The maximum atomic E-state index is 13.7. The molecule has 1 aromatic carbocycles. The Bertz CT molecular complexity index is 555. The molecule has 1 aliphatic carbocycles. The van der Waals surface area contributed by atoms with Crippen LogP contribution in [0.2, 0.25) is 0 Å². The van der Waals surface area contributed by atoms with E-state index in [4.69, 9.17) is 0 Å². The van der Waals surface area contributed by atoms with Crippen molar-refractivity contribution >= 4 is 11.9 Å². The highest BCUT2D eigenvalue weighted by molar-refractivity contribution is 6.04. The highest BCUT2D eigenvalue weighted by Crippen LogP contribution is 2.29. The molecule has 21 heavy (non-hydrogen) atoms.